The topological polar surface area (TPSA) is 131 Å². The molecule has 0 unspecified atom stereocenters. The Labute approximate surface area is 236 Å². The Morgan fingerprint density at radius 3 is 2.63 bits per heavy atom. The SMILES string of the molecule is Cc1c(N2Cc3ccccc3[C@@H]2COc2cccc(C(=O)N3CCN(c4ncc(C#N)cn4)CC3)c2)cn[nH]c1=O. The van der Waals surface area contributed by atoms with Crippen LogP contribution in [0.4, 0.5) is 11.6 Å². The van der Waals surface area contributed by atoms with Crippen molar-refractivity contribution < 1.29 is 9.53 Å². The number of rotatable bonds is 6. The van der Waals surface area contributed by atoms with Crippen molar-refractivity contribution in [2.75, 3.05) is 42.6 Å². The molecule has 11 nitrogen and oxygen atoms in total. The third kappa shape index (κ3) is 5.19. The first kappa shape index (κ1) is 26.0. The molecule has 2 aliphatic rings. The molecule has 1 amide bonds. The second kappa shape index (κ2) is 11.1. The second-order valence-electron chi connectivity index (χ2n) is 10.1. The highest BCUT2D eigenvalue weighted by Gasteiger charge is 2.32. The lowest BCUT2D eigenvalue weighted by molar-refractivity contribution is 0.0745. The zero-order chi connectivity index (χ0) is 28.3. The molecule has 0 bridgehead atoms. The summed E-state index contributed by atoms with van der Waals surface area (Å²) in [7, 11) is 0. The molecule has 2 aromatic carbocycles. The Kier molecular flexibility index (Phi) is 7.04. The quantitative estimate of drug-likeness (QED) is 0.386. The normalized spacial score (nSPS) is 16.3. The van der Waals surface area contributed by atoms with E-state index in [1.54, 1.807) is 25.3 Å². The molecule has 1 fully saturated rings. The number of hydrogen-bond acceptors (Lipinski definition) is 9. The number of ether oxygens (including phenoxy) is 1. The van der Waals surface area contributed by atoms with Crippen LogP contribution in [0.25, 0.3) is 0 Å². The number of anilines is 2. The summed E-state index contributed by atoms with van der Waals surface area (Å²) in [6.45, 7) is 5.04. The Bertz CT molecular complexity index is 1670. The number of hydrogen-bond donors (Lipinski definition) is 1. The molecule has 0 aliphatic carbocycles. The number of benzene rings is 2. The summed E-state index contributed by atoms with van der Waals surface area (Å²) in [6, 6.07) is 17.3. The number of nitrogens with one attached hydrogen (secondary N) is 1. The highest BCUT2D eigenvalue weighted by Crippen LogP contribution is 2.38. The number of aromatic nitrogens is 4. The monoisotopic (exact) mass is 548 g/mol. The Morgan fingerprint density at radius 2 is 1.85 bits per heavy atom. The average Bonchev–Trinajstić information content (AvgIpc) is 3.39. The molecule has 2 aromatic heterocycles. The van der Waals surface area contributed by atoms with E-state index < -0.39 is 0 Å². The van der Waals surface area contributed by atoms with Gasteiger partial charge in [-0.3, -0.25) is 9.59 Å². The van der Waals surface area contributed by atoms with Crippen molar-refractivity contribution >= 4 is 17.5 Å². The highest BCUT2D eigenvalue weighted by molar-refractivity contribution is 5.94. The number of amides is 1. The number of fused-ring (bicyclic) bond motifs is 1. The Balaban J connectivity index is 1.13. The maximum absolute atomic E-state index is 13.3. The van der Waals surface area contributed by atoms with Crippen molar-refractivity contribution in [1.82, 2.24) is 25.1 Å². The Hall–Kier alpha value is -5.24. The number of nitriles is 1. The third-order valence-electron chi connectivity index (χ3n) is 7.62. The maximum Gasteiger partial charge on any atom is 0.269 e. The summed E-state index contributed by atoms with van der Waals surface area (Å²) in [4.78, 5) is 40.1. The van der Waals surface area contributed by atoms with Crippen LogP contribution in [-0.4, -0.2) is 63.8 Å². The fraction of sp³-hybridized carbons (Fsp3) is 0.267. The first-order valence-corrected chi connectivity index (χ1v) is 13.4. The second-order valence-corrected chi connectivity index (χ2v) is 10.1. The van der Waals surface area contributed by atoms with Gasteiger partial charge in [-0.15, -0.1) is 0 Å². The van der Waals surface area contributed by atoms with Gasteiger partial charge in [-0.05, 0) is 36.2 Å². The third-order valence-corrected chi connectivity index (χ3v) is 7.62. The summed E-state index contributed by atoms with van der Waals surface area (Å²) in [5.41, 5.74) is 4.46. The molecule has 41 heavy (non-hydrogen) atoms. The van der Waals surface area contributed by atoms with Gasteiger partial charge in [0.1, 0.15) is 18.4 Å². The number of H-pyrrole nitrogens is 1. The zero-order valence-electron chi connectivity index (χ0n) is 22.5. The van der Waals surface area contributed by atoms with Gasteiger partial charge < -0.3 is 19.4 Å². The molecular weight excluding hydrogens is 520 g/mol. The van der Waals surface area contributed by atoms with Crippen molar-refractivity contribution in [2.24, 2.45) is 0 Å². The smallest absolute Gasteiger partial charge is 0.269 e. The van der Waals surface area contributed by atoms with E-state index in [0.29, 0.717) is 67.7 Å². The minimum absolute atomic E-state index is 0.0612. The first-order chi connectivity index (χ1) is 20.0. The van der Waals surface area contributed by atoms with Crippen molar-refractivity contribution in [3.63, 3.8) is 0 Å². The standard InChI is InChI=1S/C30H28N8O3/c1-20-26(17-34-35-28(20)39)38-18-23-5-2-3-8-25(23)27(38)19-41-24-7-4-6-22(13-24)29(40)36-9-11-37(12-10-36)30-32-15-21(14-31)16-33-30/h2-8,13,15-17,27H,9-12,18-19H2,1H3,(H,35,39)/t27-/m0/s1. The van der Waals surface area contributed by atoms with Gasteiger partial charge in [0.25, 0.3) is 11.5 Å². The van der Waals surface area contributed by atoms with E-state index >= 15 is 0 Å². The van der Waals surface area contributed by atoms with E-state index in [4.69, 9.17) is 10.00 Å². The molecule has 11 heteroatoms. The van der Waals surface area contributed by atoms with Crippen molar-refractivity contribution in [3.8, 4) is 11.8 Å². The van der Waals surface area contributed by atoms with Gasteiger partial charge >= 0.3 is 0 Å². The molecule has 206 valence electrons. The van der Waals surface area contributed by atoms with Crippen LogP contribution >= 0.6 is 0 Å². The van der Waals surface area contributed by atoms with Crippen LogP contribution in [0.15, 0.2) is 71.9 Å². The van der Waals surface area contributed by atoms with Gasteiger partial charge in [-0.2, -0.15) is 10.4 Å². The van der Waals surface area contributed by atoms with Crippen LogP contribution in [0, 0.1) is 18.3 Å². The molecule has 4 heterocycles. The fourth-order valence-electron chi connectivity index (χ4n) is 5.36. The number of carbonyl (C=O) groups excluding carboxylic acids is 1. The van der Waals surface area contributed by atoms with E-state index in [2.05, 4.69) is 37.2 Å². The number of carbonyl (C=O) groups is 1. The number of aromatic amines is 1. The van der Waals surface area contributed by atoms with Crippen LogP contribution in [0.2, 0.25) is 0 Å². The van der Waals surface area contributed by atoms with Crippen molar-refractivity contribution in [3.05, 3.63) is 105 Å². The van der Waals surface area contributed by atoms with Gasteiger partial charge in [0.2, 0.25) is 5.95 Å². The largest absolute Gasteiger partial charge is 0.491 e. The minimum atomic E-state index is -0.213. The predicted molar refractivity (Wildman–Crippen MR) is 152 cm³/mol. The molecular formula is C30H28N8O3. The van der Waals surface area contributed by atoms with Gasteiger partial charge in [0.15, 0.2) is 0 Å². The molecule has 0 spiro atoms. The van der Waals surface area contributed by atoms with Gasteiger partial charge in [-0.1, -0.05) is 30.3 Å². The minimum Gasteiger partial charge on any atom is -0.491 e. The summed E-state index contributed by atoms with van der Waals surface area (Å²) in [6.07, 6.45) is 4.70. The first-order valence-electron chi connectivity index (χ1n) is 13.4. The molecule has 1 N–H and O–H groups in total. The summed E-state index contributed by atoms with van der Waals surface area (Å²) in [5, 5.41) is 15.5. The van der Waals surface area contributed by atoms with Crippen molar-refractivity contribution in [1.29, 1.82) is 5.26 Å². The Morgan fingerprint density at radius 1 is 1.07 bits per heavy atom. The lowest BCUT2D eigenvalue weighted by atomic mass is 10.1. The van der Waals surface area contributed by atoms with Crippen LogP contribution in [-0.2, 0) is 6.54 Å². The summed E-state index contributed by atoms with van der Waals surface area (Å²) in [5.74, 6) is 1.10. The zero-order valence-corrected chi connectivity index (χ0v) is 22.5. The number of piperazine rings is 1. The molecule has 6 rings (SSSR count). The molecule has 0 radical (unpaired) electrons. The molecule has 1 atom stereocenters. The lowest BCUT2D eigenvalue weighted by Gasteiger charge is -2.34. The molecule has 0 saturated carbocycles. The van der Waals surface area contributed by atoms with Crippen LogP contribution < -0.4 is 20.1 Å². The van der Waals surface area contributed by atoms with Crippen molar-refractivity contribution in [2.45, 2.75) is 19.5 Å². The number of nitrogens with zero attached hydrogens (tertiary/aromatic N) is 7. The predicted octanol–water partition coefficient (Wildman–Crippen LogP) is 2.84. The summed E-state index contributed by atoms with van der Waals surface area (Å²) < 4.78 is 6.27. The van der Waals surface area contributed by atoms with Gasteiger partial charge in [0, 0.05) is 43.9 Å². The molecule has 4 aromatic rings. The molecule has 1 saturated heterocycles. The van der Waals surface area contributed by atoms with Gasteiger partial charge in [0.05, 0.1) is 35.9 Å². The summed E-state index contributed by atoms with van der Waals surface area (Å²) >= 11 is 0. The van der Waals surface area contributed by atoms with Crippen LogP contribution in [0.1, 0.15) is 38.7 Å². The van der Waals surface area contributed by atoms with Crippen LogP contribution in [0.3, 0.4) is 0 Å². The van der Waals surface area contributed by atoms with E-state index in [9.17, 15) is 9.59 Å². The van der Waals surface area contributed by atoms with E-state index in [1.807, 2.05) is 40.1 Å². The molecule has 2 aliphatic heterocycles. The van der Waals surface area contributed by atoms with Crippen LogP contribution in [0.5, 0.6) is 5.75 Å². The maximum atomic E-state index is 13.3. The van der Waals surface area contributed by atoms with E-state index in [-0.39, 0.29) is 17.5 Å². The van der Waals surface area contributed by atoms with Gasteiger partial charge in [-0.25, -0.2) is 15.1 Å². The highest BCUT2D eigenvalue weighted by atomic mass is 16.5. The van der Waals surface area contributed by atoms with E-state index in [1.165, 1.54) is 18.0 Å². The lowest BCUT2D eigenvalue weighted by Crippen LogP contribution is -2.49. The fourth-order valence-corrected chi connectivity index (χ4v) is 5.36. The van der Waals surface area contributed by atoms with E-state index in [0.717, 1.165) is 11.3 Å². The average molecular weight is 549 g/mol.